The Bertz CT molecular complexity index is 1040. The van der Waals surface area contributed by atoms with E-state index in [2.05, 4.69) is 0 Å². The van der Waals surface area contributed by atoms with Crippen molar-refractivity contribution in [2.75, 3.05) is 13.1 Å². The van der Waals surface area contributed by atoms with Gasteiger partial charge in [-0.05, 0) is 32.0 Å². The van der Waals surface area contributed by atoms with Gasteiger partial charge in [0.15, 0.2) is 0 Å². The molecular weight excluding hydrogens is 413 g/mol. The summed E-state index contributed by atoms with van der Waals surface area (Å²) < 4.78 is 26.1. The molecule has 2 heterocycles. The lowest BCUT2D eigenvalue weighted by Crippen LogP contribution is -2.42. The number of carbonyl (C=O) groups is 1. The number of piperidine rings is 1. The van der Waals surface area contributed by atoms with E-state index in [1.165, 1.54) is 29.0 Å². The molecule has 1 aliphatic rings. The molecule has 0 aliphatic carbocycles. The van der Waals surface area contributed by atoms with Crippen LogP contribution in [0.1, 0.15) is 32.3 Å². The lowest BCUT2D eigenvalue weighted by molar-refractivity contribution is 0.0517. The number of carbonyl (C=O) groups excluding carboxylic acids is 1. The minimum atomic E-state index is -0.721. The number of pyridine rings is 1. The monoisotopic (exact) mass is 433 g/mol. The molecule has 0 radical (unpaired) electrons. The highest BCUT2D eigenvalue weighted by Crippen LogP contribution is 2.27. The van der Waals surface area contributed by atoms with E-state index in [4.69, 9.17) is 26.3 Å². The fourth-order valence-corrected chi connectivity index (χ4v) is 3.34. The zero-order valence-corrected chi connectivity index (χ0v) is 17.4. The summed E-state index contributed by atoms with van der Waals surface area (Å²) in [6.07, 6.45) is 1.78. The molecule has 9 heteroatoms. The fraction of sp³-hybridized carbons (Fsp3) is 0.381. The summed E-state index contributed by atoms with van der Waals surface area (Å²) in [6, 6.07) is 6.84. The van der Waals surface area contributed by atoms with E-state index >= 15 is 0 Å². The summed E-state index contributed by atoms with van der Waals surface area (Å²) in [6.45, 7) is 4.55. The highest BCUT2D eigenvalue weighted by molar-refractivity contribution is 6.31. The van der Waals surface area contributed by atoms with Gasteiger partial charge in [0.25, 0.3) is 5.56 Å². The number of benzene rings is 1. The number of ether oxygens (including phenoxy) is 2. The van der Waals surface area contributed by atoms with Gasteiger partial charge in [-0.15, -0.1) is 0 Å². The van der Waals surface area contributed by atoms with Crippen LogP contribution in [0, 0.1) is 17.1 Å². The molecule has 0 N–H and O–H groups in total. The van der Waals surface area contributed by atoms with Crippen molar-refractivity contribution in [1.29, 1.82) is 5.26 Å². The van der Waals surface area contributed by atoms with Crippen molar-refractivity contribution >= 4 is 17.7 Å². The van der Waals surface area contributed by atoms with Gasteiger partial charge in [-0.3, -0.25) is 9.36 Å². The van der Waals surface area contributed by atoms with Gasteiger partial charge >= 0.3 is 6.09 Å². The number of hydrogen-bond acceptors (Lipinski definition) is 5. The minimum absolute atomic E-state index is 0.110. The van der Waals surface area contributed by atoms with Gasteiger partial charge in [-0.2, -0.15) is 5.26 Å². The summed E-state index contributed by atoms with van der Waals surface area (Å²) in [5.41, 5.74) is -0.306. The highest BCUT2D eigenvalue weighted by atomic mass is 35.5. The maximum atomic E-state index is 13.9. The van der Waals surface area contributed by atoms with Crippen LogP contribution >= 0.6 is 11.6 Å². The van der Waals surface area contributed by atoms with Gasteiger partial charge in [0, 0.05) is 38.2 Å². The minimum Gasteiger partial charge on any atom is -0.488 e. The molecule has 2 aromatic rings. The van der Waals surface area contributed by atoms with E-state index in [1.54, 1.807) is 24.8 Å². The number of nitrogens with zero attached hydrogens (tertiary/aromatic N) is 3. The van der Waals surface area contributed by atoms with Crippen molar-refractivity contribution in [2.45, 2.75) is 38.9 Å². The Balaban J connectivity index is 1.70. The SMILES string of the molecule is CC(C)OC(=O)N1CCC(Oc2cc(=O)n(-c3ccc(C#N)c(F)c3)cc2Cl)CC1. The van der Waals surface area contributed by atoms with Crippen LogP contribution in [0.3, 0.4) is 0 Å². The predicted octanol–water partition coefficient (Wildman–Crippen LogP) is 3.89. The van der Waals surface area contributed by atoms with Crippen LogP contribution in [0.15, 0.2) is 35.3 Å². The third-order valence-corrected chi connectivity index (χ3v) is 4.94. The van der Waals surface area contributed by atoms with Gasteiger partial charge in [0.1, 0.15) is 23.7 Å². The van der Waals surface area contributed by atoms with Gasteiger partial charge in [0.2, 0.25) is 0 Å². The summed E-state index contributed by atoms with van der Waals surface area (Å²) >= 11 is 6.29. The van der Waals surface area contributed by atoms with E-state index in [0.717, 1.165) is 6.07 Å². The van der Waals surface area contributed by atoms with Crippen LogP contribution in [0.4, 0.5) is 9.18 Å². The van der Waals surface area contributed by atoms with E-state index in [0.29, 0.717) is 25.9 Å². The average Bonchev–Trinajstić information content (AvgIpc) is 2.70. The van der Waals surface area contributed by atoms with Gasteiger partial charge < -0.3 is 14.4 Å². The van der Waals surface area contributed by atoms with Gasteiger partial charge in [-0.1, -0.05) is 11.6 Å². The quantitative estimate of drug-likeness (QED) is 0.730. The normalized spacial score (nSPS) is 14.5. The van der Waals surface area contributed by atoms with Gasteiger partial charge in [-0.25, -0.2) is 9.18 Å². The molecule has 1 saturated heterocycles. The molecule has 0 spiro atoms. The number of hydrogen-bond donors (Lipinski definition) is 0. The molecule has 7 nitrogen and oxygen atoms in total. The molecule has 30 heavy (non-hydrogen) atoms. The second-order valence-electron chi connectivity index (χ2n) is 7.21. The Kier molecular flexibility index (Phi) is 6.63. The first-order chi connectivity index (χ1) is 14.3. The molecule has 158 valence electrons. The Labute approximate surface area is 178 Å². The number of halogens is 2. The zero-order chi connectivity index (χ0) is 21.8. The first-order valence-electron chi connectivity index (χ1n) is 9.53. The average molecular weight is 434 g/mol. The van der Waals surface area contributed by atoms with Crippen molar-refractivity contribution in [3.8, 4) is 17.5 Å². The molecule has 0 unspecified atom stereocenters. The number of aromatic nitrogens is 1. The number of rotatable bonds is 4. The third-order valence-electron chi connectivity index (χ3n) is 4.65. The Hall–Kier alpha value is -3.05. The topological polar surface area (TPSA) is 84.6 Å². The van der Waals surface area contributed by atoms with E-state index in [-0.39, 0.29) is 40.3 Å². The number of amides is 1. The largest absolute Gasteiger partial charge is 0.488 e. The van der Waals surface area contributed by atoms with E-state index < -0.39 is 11.4 Å². The Morgan fingerprint density at radius 3 is 2.60 bits per heavy atom. The molecule has 3 rings (SSSR count). The second-order valence-corrected chi connectivity index (χ2v) is 7.61. The summed E-state index contributed by atoms with van der Waals surface area (Å²) in [5.74, 6) is -0.489. The summed E-state index contributed by atoms with van der Waals surface area (Å²) in [4.78, 5) is 26.1. The van der Waals surface area contributed by atoms with Gasteiger partial charge in [0.05, 0.1) is 22.4 Å². The van der Waals surface area contributed by atoms with Crippen molar-refractivity contribution in [1.82, 2.24) is 9.47 Å². The van der Waals surface area contributed by atoms with Crippen LogP contribution in [0.25, 0.3) is 5.69 Å². The van der Waals surface area contributed by atoms with Crippen molar-refractivity contribution in [3.05, 3.63) is 57.2 Å². The smallest absolute Gasteiger partial charge is 0.410 e. The maximum absolute atomic E-state index is 13.9. The molecule has 1 aromatic heterocycles. The van der Waals surface area contributed by atoms with E-state index in [9.17, 15) is 14.0 Å². The molecule has 0 atom stereocenters. The molecule has 1 amide bonds. The van der Waals surface area contributed by atoms with Crippen LogP contribution in [-0.4, -0.2) is 40.9 Å². The molecule has 1 aliphatic heterocycles. The lowest BCUT2D eigenvalue weighted by Gasteiger charge is -2.32. The second kappa shape index (κ2) is 9.18. The number of likely N-dealkylation sites (tertiary alicyclic amines) is 1. The van der Waals surface area contributed by atoms with Crippen LogP contribution in [0.5, 0.6) is 5.75 Å². The maximum Gasteiger partial charge on any atom is 0.410 e. The molecular formula is C21H21ClFN3O4. The zero-order valence-electron chi connectivity index (χ0n) is 16.6. The lowest BCUT2D eigenvalue weighted by atomic mass is 10.1. The Morgan fingerprint density at radius 2 is 2.00 bits per heavy atom. The molecule has 1 fully saturated rings. The van der Waals surface area contributed by atoms with E-state index in [1.807, 2.05) is 0 Å². The Morgan fingerprint density at radius 1 is 1.30 bits per heavy atom. The predicted molar refractivity (Wildman–Crippen MR) is 109 cm³/mol. The van der Waals surface area contributed by atoms with Crippen LogP contribution < -0.4 is 10.3 Å². The van der Waals surface area contributed by atoms with Crippen LogP contribution in [-0.2, 0) is 4.74 Å². The van der Waals surface area contributed by atoms with Crippen molar-refractivity contribution in [3.63, 3.8) is 0 Å². The fourth-order valence-electron chi connectivity index (χ4n) is 3.14. The first-order valence-corrected chi connectivity index (χ1v) is 9.90. The number of nitriles is 1. The molecule has 0 bridgehead atoms. The highest BCUT2D eigenvalue weighted by Gasteiger charge is 2.26. The molecule has 1 aromatic carbocycles. The van der Waals surface area contributed by atoms with Crippen LogP contribution in [0.2, 0.25) is 5.02 Å². The first kappa shape index (κ1) is 21.7. The summed E-state index contributed by atoms with van der Waals surface area (Å²) in [5, 5.41) is 9.03. The van der Waals surface area contributed by atoms with Crippen molar-refractivity contribution in [2.24, 2.45) is 0 Å². The molecule has 0 saturated carbocycles. The third kappa shape index (κ3) is 4.92. The standard InChI is InChI=1S/C21H21ClFN3O4/c1-13(2)29-21(28)25-7-5-16(6-8-25)30-19-10-20(27)26(12-17(19)22)15-4-3-14(11-24)18(23)9-15/h3-4,9-10,12-13,16H,5-8H2,1-2H3. The summed E-state index contributed by atoms with van der Waals surface area (Å²) in [7, 11) is 0. The van der Waals surface area contributed by atoms with Crippen molar-refractivity contribution < 1.29 is 18.7 Å².